The number of nitrogen functional groups attached to an aromatic ring is 1. The van der Waals surface area contributed by atoms with E-state index in [-0.39, 0.29) is 5.91 Å². The molecule has 2 N–H and O–H groups in total. The zero-order chi connectivity index (χ0) is 17.9. The molecule has 1 amide bonds. The number of carbonyl (C=O) groups excluding carboxylic acids is 1. The summed E-state index contributed by atoms with van der Waals surface area (Å²) < 4.78 is 5.84. The monoisotopic (exact) mass is 351 g/mol. The molecule has 4 rings (SSSR count). The molecule has 0 spiro atoms. The van der Waals surface area contributed by atoms with Crippen LogP contribution in [0.5, 0.6) is 0 Å². The van der Waals surface area contributed by atoms with Crippen LogP contribution < -0.4 is 10.6 Å². The van der Waals surface area contributed by atoms with Crippen LogP contribution in [0.4, 0.5) is 11.4 Å². The van der Waals surface area contributed by atoms with E-state index in [4.69, 9.17) is 10.5 Å². The van der Waals surface area contributed by atoms with E-state index in [1.807, 2.05) is 41.3 Å². The second-order valence-corrected chi connectivity index (χ2v) is 7.02. The fourth-order valence-electron chi connectivity index (χ4n) is 3.89. The quantitative estimate of drug-likeness (QED) is 0.863. The third-order valence-electron chi connectivity index (χ3n) is 5.23. The highest BCUT2D eigenvalue weighted by Crippen LogP contribution is 2.32. The Morgan fingerprint density at radius 3 is 2.81 bits per heavy atom. The maximum absolute atomic E-state index is 13.2. The number of fused-ring (bicyclic) bond motifs is 1. The average molecular weight is 351 g/mol. The number of anilines is 2. The van der Waals surface area contributed by atoms with Crippen LogP contribution in [0.1, 0.15) is 17.5 Å². The molecule has 136 valence electrons. The van der Waals surface area contributed by atoms with E-state index in [9.17, 15) is 4.79 Å². The first-order chi connectivity index (χ1) is 12.7. The number of rotatable bonds is 3. The number of nitrogens with zero attached hydrogens (tertiary/aromatic N) is 2. The molecule has 1 saturated heterocycles. The predicted octanol–water partition coefficient (Wildman–Crippen LogP) is 2.45. The molecule has 2 aromatic carbocycles. The van der Waals surface area contributed by atoms with Crippen molar-refractivity contribution < 1.29 is 9.53 Å². The molecule has 0 bridgehead atoms. The van der Waals surface area contributed by atoms with Gasteiger partial charge >= 0.3 is 0 Å². The van der Waals surface area contributed by atoms with Gasteiger partial charge in [-0.2, -0.15) is 0 Å². The van der Waals surface area contributed by atoms with E-state index >= 15 is 0 Å². The minimum atomic E-state index is -0.417. The first-order valence-electron chi connectivity index (χ1n) is 9.29. The molecule has 26 heavy (non-hydrogen) atoms. The number of morpholine rings is 1. The van der Waals surface area contributed by atoms with Crippen molar-refractivity contribution in [1.82, 2.24) is 4.90 Å². The van der Waals surface area contributed by atoms with Crippen LogP contribution in [0.15, 0.2) is 48.5 Å². The van der Waals surface area contributed by atoms with Gasteiger partial charge in [0.15, 0.2) is 0 Å². The summed E-state index contributed by atoms with van der Waals surface area (Å²) in [5.41, 5.74) is 10.2. The van der Waals surface area contributed by atoms with Gasteiger partial charge in [0.25, 0.3) is 5.91 Å². The lowest BCUT2D eigenvalue weighted by Gasteiger charge is -2.37. The number of ether oxygens (including phenoxy) is 1. The van der Waals surface area contributed by atoms with E-state index < -0.39 is 6.10 Å². The molecule has 2 heterocycles. The Bertz CT molecular complexity index is 778. The van der Waals surface area contributed by atoms with Crippen LogP contribution in [0.25, 0.3) is 0 Å². The van der Waals surface area contributed by atoms with Crippen molar-refractivity contribution in [2.75, 3.05) is 36.9 Å². The molecule has 2 aromatic rings. The number of nitrogens with two attached hydrogens (primary N) is 1. The first-order valence-corrected chi connectivity index (χ1v) is 9.29. The maximum Gasteiger partial charge on any atom is 0.257 e. The number of hydrogen-bond acceptors (Lipinski definition) is 4. The first kappa shape index (κ1) is 17.1. The van der Waals surface area contributed by atoms with Crippen LogP contribution in [0.3, 0.4) is 0 Å². The summed E-state index contributed by atoms with van der Waals surface area (Å²) in [5.74, 6) is 0.0503. The summed E-state index contributed by atoms with van der Waals surface area (Å²) in [7, 11) is 0. The Labute approximate surface area is 154 Å². The van der Waals surface area contributed by atoms with E-state index in [0.29, 0.717) is 13.2 Å². The molecule has 0 aliphatic carbocycles. The van der Waals surface area contributed by atoms with E-state index in [0.717, 1.165) is 49.4 Å². The minimum absolute atomic E-state index is 0.0503. The van der Waals surface area contributed by atoms with Gasteiger partial charge in [-0.3, -0.25) is 9.69 Å². The SMILES string of the molecule is Nc1cccc2c1CCCN2C(=O)C1CN(Cc2ccccc2)CCO1. The smallest absolute Gasteiger partial charge is 0.257 e. The Morgan fingerprint density at radius 1 is 1.12 bits per heavy atom. The largest absolute Gasteiger partial charge is 0.398 e. The third-order valence-corrected chi connectivity index (χ3v) is 5.23. The molecule has 0 saturated carbocycles. The average Bonchev–Trinajstić information content (AvgIpc) is 2.68. The van der Waals surface area contributed by atoms with Crippen LogP contribution in [0.2, 0.25) is 0 Å². The Balaban J connectivity index is 1.48. The van der Waals surface area contributed by atoms with Gasteiger partial charge < -0.3 is 15.4 Å². The zero-order valence-corrected chi connectivity index (χ0v) is 14.9. The van der Waals surface area contributed by atoms with Gasteiger partial charge in [-0.15, -0.1) is 0 Å². The summed E-state index contributed by atoms with van der Waals surface area (Å²) in [4.78, 5) is 17.3. The highest BCUT2D eigenvalue weighted by molar-refractivity contribution is 5.98. The van der Waals surface area contributed by atoms with Gasteiger partial charge in [-0.05, 0) is 36.1 Å². The van der Waals surface area contributed by atoms with Gasteiger partial charge in [-0.25, -0.2) is 0 Å². The van der Waals surface area contributed by atoms with Crippen molar-refractivity contribution in [1.29, 1.82) is 0 Å². The fraction of sp³-hybridized carbons (Fsp3) is 0.381. The van der Waals surface area contributed by atoms with Crippen molar-refractivity contribution >= 4 is 17.3 Å². The molecule has 2 aliphatic heterocycles. The van der Waals surface area contributed by atoms with Crippen molar-refractivity contribution in [2.45, 2.75) is 25.5 Å². The second-order valence-electron chi connectivity index (χ2n) is 7.02. The van der Waals surface area contributed by atoms with Gasteiger partial charge in [0.1, 0.15) is 6.10 Å². The summed E-state index contributed by atoms with van der Waals surface area (Å²) in [6.45, 7) is 3.64. The molecule has 5 heteroatoms. The second kappa shape index (κ2) is 7.48. The van der Waals surface area contributed by atoms with Crippen molar-refractivity contribution in [3.63, 3.8) is 0 Å². The topological polar surface area (TPSA) is 58.8 Å². The summed E-state index contributed by atoms with van der Waals surface area (Å²) in [6.07, 6.45) is 1.45. The molecule has 2 aliphatic rings. The zero-order valence-electron chi connectivity index (χ0n) is 14.9. The normalized spacial score (nSPS) is 20.6. The van der Waals surface area contributed by atoms with Crippen LogP contribution >= 0.6 is 0 Å². The summed E-state index contributed by atoms with van der Waals surface area (Å²) in [6, 6.07) is 16.2. The van der Waals surface area contributed by atoms with Crippen molar-refractivity contribution in [3.05, 3.63) is 59.7 Å². The highest BCUT2D eigenvalue weighted by atomic mass is 16.5. The lowest BCUT2D eigenvalue weighted by atomic mass is 9.99. The number of carbonyl (C=O) groups is 1. The molecular formula is C21H25N3O2. The minimum Gasteiger partial charge on any atom is -0.398 e. The standard InChI is InChI=1S/C21H25N3O2/c22-18-9-4-10-19-17(18)8-5-11-24(19)21(25)20-15-23(12-13-26-20)14-16-6-2-1-3-7-16/h1-4,6-7,9-10,20H,5,8,11-15,22H2. The van der Waals surface area contributed by atoms with Crippen molar-refractivity contribution in [3.8, 4) is 0 Å². The van der Waals surface area contributed by atoms with Crippen LogP contribution in [-0.2, 0) is 22.5 Å². The van der Waals surface area contributed by atoms with E-state index in [1.165, 1.54) is 5.56 Å². The Hall–Kier alpha value is -2.37. The summed E-state index contributed by atoms with van der Waals surface area (Å²) in [5, 5.41) is 0. The predicted molar refractivity (Wildman–Crippen MR) is 103 cm³/mol. The molecule has 1 fully saturated rings. The van der Waals surface area contributed by atoms with Gasteiger partial charge in [0.2, 0.25) is 0 Å². The van der Waals surface area contributed by atoms with Gasteiger partial charge in [0, 0.05) is 37.6 Å². The van der Waals surface area contributed by atoms with E-state index in [2.05, 4.69) is 17.0 Å². The fourth-order valence-corrected chi connectivity index (χ4v) is 3.89. The Morgan fingerprint density at radius 2 is 1.96 bits per heavy atom. The van der Waals surface area contributed by atoms with Crippen LogP contribution in [0, 0.1) is 0 Å². The maximum atomic E-state index is 13.2. The lowest BCUT2D eigenvalue weighted by molar-refractivity contribution is -0.136. The third kappa shape index (κ3) is 3.45. The van der Waals surface area contributed by atoms with Gasteiger partial charge in [-0.1, -0.05) is 36.4 Å². The number of amides is 1. The van der Waals surface area contributed by atoms with Crippen LogP contribution in [-0.4, -0.2) is 43.2 Å². The molecule has 0 radical (unpaired) electrons. The van der Waals surface area contributed by atoms with E-state index in [1.54, 1.807) is 0 Å². The molecule has 1 unspecified atom stereocenters. The number of hydrogen-bond donors (Lipinski definition) is 1. The Kier molecular flexibility index (Phi) is 4.91. The highest BCUT2D eigenvalue weighted by Gasteiger charge is 2.33. The molecule has 5 nitrogen and oxygen atoms in total. The van der Waals surface area contributed by atoms with Crippen molar-refractivity contribution in [2.24, 2.45) is 0 Å². The molecule has 0 aromatic heterocycles. The van der Waals surface area contributed by atoms with Gasteiger partial charge in [0.05, 0.1) is 6.61 Å². The number of benzene rings is 2. The lowest BCUT2D eigenvalue weighted by Crippen LogP contribution is -2.51. The molecular weight excluding hydrogens is 326 g/mol. The summed E-state index contributed by atoms with van der Waals surface area (Å²) >= 11 is 0. The molecule has 1 atom stereocenters.